The van der Waals surface area contributed by atoms with Crippen molar-refractivity contribution in [2.24, 2.45) is 10.9 Å². The van der Waals surface area contributed by atoms with E-state index < -0.39 is 0 Å². The molecule has 7 heteroatoms. The first kappa shape index (κ1) is 18.2. The maximum Gasteiger partial charge on any atom is 0.213 e. The van der Waals surface area contributed by atoms with E-state index in [1.54, 1.807) is 12.4 Å². The van der Waals surface area contributed by atoms with Gasteiger partial charge < -0.3 is 15.4 Å². The Morgan fingerprint density at radius 1 is 1.35 bits per heavy atom. The van der Waals surface area contributed by atoms with Gasteiger partial charge in [0.1, 0.15) is 0 Å². The fraction of sp³-hybridized carbons (Fsp3) is 0.526. The minimum Gasteiger partial charge on any atom is -0.477 e. The van der Waals surface area contributed by atoms with Crippen LogP contribution in [0.1, 0.15) is 31.7 Å². The molecule has 0 atom stereocenters. The second kappa shape index (κ2) is 9.79. The lowest BCUT2D eigenvalue weighted by molar-refractivity contribution is 0.288. The average Bonchev–Trinajstić information content (AvgIpc) is 3.35. The van der Waals surface area contributed by atoms with Gasteiger partial charge in [-0.1, -0.05) is 0 Å². The Balaban J connectivity index is 1.45. The quantitative estimate of drug-likeness (QED) is 0.388. The number of ether oxygens (including phenoxy) is 1. The highest BCUT2D eigenvalue weighted by atomic mass is 16.5. The van der Waals surface area contributed by atoms with Crippen molar-refractivity contribution >= 4 is 5.96 Å². The van der Waals surface area contributed by atoms with Crippen LogP contribution in [0.25, 0.3) is 0 Å². The highest BCUT2D eigenvalue weighted by Gasteiger charge is 2.22. The Morgan fingerprint density at radius 2 is 2.27 bits per heavy atom. The maximum atomic E-state index is 5.74. The summed E-state index contributed by atoms with van der Waals surface area (Å²) in [5.41, 5.74) is 1.10. The molecule has 7 nitrogen and oxygen atoms in total. The van der Waals surface area contributed by atoms with Crippen LogP contribution < -0.4 is 15.4 Å². The second-order valence-electron chi connectivity index (χ2n) is 6.50. The first-order valence-corrected chi connectivity index (χ1v) is 9.41. The topological polar surface area (TPSA) is 76.4 Å². The van der Waals surface area contributed by atoms with Crippen LogP contribution in [0.4, 0.5) is 0 Å². The first-order valence-electron chi connectivity index (χ1n) is 9.41. The lowest BCUT2D eigenvalue weighted by Crippen LogP contribution is -2.38. The summed E-state index contributed by atoms with van der Waals surface area (Å²) < 4.78 is 7.68. The number of guanidine groups is 1. The zero-order valence-electron chi connectivity index (χ0n) is 15.4. The van der Waals surface area contributed by atoms with Gasteiger partial charge in [0.15, 0.2) is 5.96 Å². The molecule has 1 saturated carbocycles. The Labute approximate surface area is 154 Å². The Hall–Kier alpha value is -2.57. The fourth-order valence-corrected chi connectivity index (χ4v) is 2.51. The number of hydrogen-bond donors (Lipinski definition) is 2. The summed E-state index contributed by atoms with van der Waals surface area (Å²) in [7, 11) is 0. The van der Waals surface area contributed by atoms with Crippen LogP contribution in [0.3, 0.4) is 0 Å². The standard InChI is InChI=1S/C19H28N6O/c1-2-20-19(22-8-3-11-25-12-4-9-24-25)23-14-17-7-10-21-18(13-17)26-15-16-5-6-16/h4,7,9-10,12-13,16H,2-3,5-6,8,11,14-15H2,1H3,(H2,20,22,23). The Kier molecular flexibility index (Phi) is 6.87. The average molecular weight is 356 g/mol. The highest BCUT2D eigenvalue weighted by Crippen LogP contribution is 2.29. The van der Waals surface area contributed by atoms with E-state index in [0.29, 0.717) is 12.4 Å². The number of pyridine rings is 1. The van der Waals surface area contributed by atoms with Crippen molar-refractivity contribution in [1.29, 1.82) is 0 Å². The molecule has 0 aromatic carbocycles. The van der Waals surface area contributed by atoms with Crippen molar-refractivity contribution in [3.8, 4) is 5.88 Å². The molecule has 0 radical (unpaired) electrons. The van der Waals surface area contributed by atoms with Crippen molar-refractivity contribution in [2.45, 2.75) is 39.3 Å². The van der Waals surface area contributed by atoms with Gasteiger partial charge in [-0.3, -0.25) is 4.68 Å². The zero-order chi connectivity index (χ0) is 18.0. The van der Waals surface area contributed by atoms with E-state index in [2.05, 4.69) is 32.6 Å². The lowest BCUT2D eigenvalue weighted by Gasteiger charge is -2.11. The van der Waals surface area contributed by atoms with Crippen LogP contribution in [-0.4, -0.2) is 40.4 Å². The molecule has 2 N–H and O–H groups in total. The highest BCUT2D eigenvalue weighted by molar-refractivity contribution is 5.79. The monoisotopic (exact) mass is 356 g/mol. The van der Waals surface area contributed by atoms with Crippen LogP contribution in [0.5, 0.6) is 5.88 Å². The molecule has 0 saturated heterocycles. The molecule has 2 aromatic heterocycles. The van der Waals surface area contributed by atoms with Crippen LogP contribution >= 0.6 is 0 Å². The van der Waals surface area contributed by atoms with Gasteiger partial charge in [0.25, 0.3) is 0 Å². The summed E-state index contributed by atoms with van der Waals surface area (Å²) in [4.78, 5) is 8.93. The molecule has 0 spiro atoms. The van der Waals surface area contributed by atoms with Gasteiger partial charge >= 0.3 is 0 Å². The van der Waals surface area contributed by atoms with Gasteiger partial charge in [-0.2, -0.15) is 5.10 Å². The van der Waals surface area contributed by atoms with Crippen molar-refractivity contribution in [3.63, 3.8) is 0 Å². The minimum absolute atomic E-state index is 0.594. The summed E-state index contributed by atoms with van der Waals surface area (Å²) in [6.45, 7) is 6.01. The molecule has 1 aliphatic rings. The molecule has 2 aromatic rings. The van der Waals surface area contributed by atoms with Crippen LogP contribution in [-0.2, 0) is 13.1 Å². The van der Waals surface area contributed by atoms with Crippen molar-refractivity contribution in [3.05, 3.63) is 42.4 Å². The number of aryl methyl sites for hydroxylation is 1. The number of rotatable bonds is 10. The third-order valence-electron chi connectivity index (χ3n) is 4.14. The van der Waals surface area contributed by atoms with E-state index in [0.717, 1.165) is 50.1 Å². The molecule has 0 amide bonds. The Bertz CT molecular complexity index is 681. The third kappa shape index (κ3) is 6.38. The predicted molar refractivity (Wildman–Crippen MR) is 102 cm³/mol. The Morgan fingerprint density at radius 3 is 3.04 bits per heavy atom. The van der Waals surface area contributed by atoms with Gasteiger partial charge in [0.05, 0.1) is 13.2 Å². The molecule has 26 heavy (non-hydrogen) atoms. The SMILES string of the molecule is CCNC(=NCc1ccnc(OCC2CC2)c1)NCCCn1cccn1. The van der Waals surface area contributed by atoms with Crippen molar-refractivity contribution in [1.82, 2.24) is 25.4 Å². The first-order chi connectivity index (χ1) is 12.8. The smallest absolute Gasteiger partial charge is 0.213 e. The summed E-state index contributed by atoms with van der Waals surface area (Å²) in [6, 6.07) is 5.90. The summed E-state index contributed by atoms with van der Waals surface area (Å²) >= 11 is 0. The van der Waals surface area contributed by atoms with Crippen molar-refractivity contribution < 1.29 is 4.74 Å². The molecule has 140 valence electrons. The number of aromatic nitrogens is 3. The van der Waals surface area contributed by atoms with Gasteiger partial charge in [-0.05, 0) is 49.8 Å². The second-order valence-corrected chi connectivity index (χ2v) is 6.50. The van der Waals surface area contributed by atoms with E-state index >= 15 is 0 Å². The predicted octanol–water partition coefficient (Wildman–Crippen LogP) is 2.21. The van der Waals surface area contributed by atoms with Gasteiger partial charge in [-0.15, -0.1) is 0 Å². The largest absolute Gasteiger partial charge is 0.477 e. The number of nitrogens with one attached hydrogen (secondary N) is 2. The minimum atomic E-state index is 0.594. The van der Waals surface area contributed by atoms with E-state index in [9.17, 15) is 0 Å². The molecular formula is C19H28N6O. The summed E-state index contributed by atoms with van der Waals surface area (Å²) in [5.74, 6) is 2.25. The maximum absolute atomic E-state index is 5.74. The molecule has 1 aliphatic carbocycles. The molecule has 0 unspecified atom stereocenters. The zero-order valence-corrected chi connectivity index (χ0v) is 15.4. The third-order valence-corrected chi connectivity index (χ3v) is 4.14. The van der Waals surface area contributed by atoms with E-state index in [1.165, 1.54) is 12.8 Å². The molecule has 0 bridgehead atoms. The van der Waals surface area contributed by atoms with E-state index in [1.807, 2.05) is 29.1 Å². The molecule has 2 heterocycles. The number of nitrogens with zero attached hydrogens (tertiary/aromatic N) is 4. The van der Waals surface area contributed by atoms with Gasteiger partial charge in [-0.25, -0.2) is 9.98 Å². The van der Waals surface area contributed by atoms with Crippen molar-refractivity contribution in [2.75, 3.05) is 19.7 Å². The van der Waals surface area contributed by atoms with Gasteiger partial charge in [0.2, 0.25) is 5.88 Å². The summed E-state index contributed by atoms with van der Waals surface area (Å²) in [6.07, 6.45) is 9.12. The van der Waals surface area contributed by atoms with Gasteiger partial charge in [0, 0.05) is 44.3 Å². The molecule has 3 rings (SSSR count). The number of aliphatic imine (C=N–C) groups is 1. The lowest BCUT2D eigenvalue weighted by atomic mass is 10.3. The molecular weight excluding hydrogens is 328 g/mol. The van der Waals surface area contributed by atoms with Crippen LogP contribution in [0.2, 0.25) is 0 Å². The molecule has 0 aliphatic heterocycles. The van der Waals surface area contributed by atoms with E-state index in [-0.39, 0.29) is 0 Å². The van der Waals surface area contributed by atoms with Crippen LogP contribution in [0, 0.1) is 5.92 Å². The number of hydrogen-bond acceptors (Lipinski definition) is 4. The fourth-order valence-electron chi connectivity index (χ4n) is 2.51. The molecule has 1 fully saturated rings. The normalized spacial score (nSPS) is 14.3. The van der Waals surface area contributed by atoms with E-state index in [4.69, 9.17) is 4.74 Å². The summed E-state index contributed by atoms with van der Waals surface area (Å²) in [5, 5.41) is 10.9. The van der Waals surface area contributed by atoms with Crippen LogP contribution in [0.15, 0.2) is 41.8 Å².